The molecule has 1 amide bonds. The minimum Gasteiger partial charge on any atom is -0.443 e. The monoisotopic (exact) mass is 336 g/mol. The maximum Gasteiger partial charge on any atom is 0.414 e. The van der Waals surface area contributed by atoms with Crippen LogP contribution in [-0.4, -0.2) is 36.4 Å². The Morgan fingerprint density at radius 3 is 2.38 bits per heavy atom. The van der Waals surface area contributed by atoms with E-state index in [0.29, 0.717) is 31.4 Å². The largest absolute Gasteiger partial charge is 0.443 e. The minimum absolute atomic E-state index is 0.00560. The minimum atomic E-state index is -0.605. The molecule has 2 rings (SSSR count). The van der Waals surface area contributed by atoms with Crippen LogP contribution in [0.25, 0.3) is 0 Å². The Morgan fingerprint density at radius 1 is 1.29 bits per heavy atom. The maximum atomic E-state index is 12.6. The van der Waals surface area contributed by atoms with Gasteiger partial charge in [0.2, 0.25) is 0 Å². The lowest BCUT2D eigenvalue weighted by molar-refractivity contribution is -0.384. The first-order valence-corrected chi connectivity index (χ1v) is 8.09. The Kier molecular flexibility index (Phi) is 5.77. The average Bonchev–Trinajstić information content (AvgIpc) is 2.52. The van der Waals surface area contributed by atoms with E-state index in [1.165, 1.54) is 12.1 Å². The summed E-state index contributed by atoms with van der Waals surface area (Å²) in [5, 5.41) is 10.8. The summed E-state index contributed by atoms with van der Waals surface area (Å²) in [6, 6.07) is 5.97. The van der Waals surface area contributed by atoms with Crippen molar-refractivity contribution in [2.24, 2.45) is 5.92 Å². The van der Waals surface area contributed by atoms with Crippen molar-refractivity contribution in [1.29, 1.82) is 0 Å². The van der Waals surface area contributed by atoms with Crippen LogP contribution < -0.4 is 4.90 Å². The van der Waals surface area contributed by atoms with E-state index in [-0.39, 0.29) is 5.69 Å². The van der Waals surface area contributed by atoms with Gasteiger partial charge in [0, 0.05) is 37.6 Å². The molecule has 1 fully saturated rings. The number of amides is 1. The van der Waals surface area contributed by atoms with Crippen molar-refractivity contribution in [1.82, 2.24) is 0 Å². The van der Waals surface area contributed by atoms with Crippen LogP contribution in [-0.2, 0) is 9.47 Å². The lowest BCUT2D eigenvalue weighted by Crippen LogP contribution is -2.40. The molecule has 1 aromatic carbocycles. The molecule has 0 aromatic heterocycles. The molecule has 24 heavy (non-hydrogen) atoms. The van der Waals surface area contributed by atoms with E-state index in [1.807, 2.05) is 20.8 Å². The summed E-state index contributed by atoms with van der Waals surface area (Å²) in [6.07, 6.45) is 1.32. The number of non-ortho nitro benzene ring substituents is 1. The highest BCUT2D eigenvalue weighted by molar-refractivity contribution is 5.88. The summed E-state index contributed by atoms with van der Waals surface area (Å²) >= 11 is 0. The number of nitro benzene ring substituents is 1. The fraction of sp³-hybridized carbons (Fsp3) is 0.588. The van der Waals surface area contributed by atoms with Crippen molar-refractivity contribution in [2.75, 3.05) is 24.7 Å². The summed E-state index contributed by atoms with van der Waals surface area (Å²) < 4.78 is 10.9. The standard InChI is InChI=1S/C17H24N2O5/c1-17(2,3)24-16(20)18(12-13-8-10-23-11-9-13)14-4-6-15(7-5-14)19(21)22/h4-7,13H,8-12H2,1-3H3. The Labute approximate surface area is 141 Å². The van der Waals surface area contributed by atoms with Gasteiger partial charge in [-0.2, -0.15) is 0 Å². The molecule has 1 aromatic rings. The number of hydrogen-bond donors (Lipinski definition) is 0. The van der Waals surface area contributed by atoms with Gasteiger partial charge in [-0.25, -0.2) is 4.79 Å². The lowest BCUT2D eigenvalue weighted by atomic mass is 9.99. The van der Waals surface area contributed by atoms with E-state index in [9.17, 15) is 14.9 Å². The van der Waals surface area contributed by atoms with Gasteiger partial charge >= 0.3 is 6.09 Å². The van der Waals surface area contributed by atoms with E-state index in [4.69, 9.17) is 9.47 Å². The fourth-order valence-corrected chi connectivity index (χ4v) is 2.54. The zero-order chi connectivity index (χ0) is 17.7. The summed E-state index contributed by atoms with van der Waals surface area (Å²) in [5.74, 6) is 0.321. The highest BCUT2D eigenvalue weighted by atomic mass is 16.6. The third-order valence-electron chi connectivity index (χ3n) is 3.77. The molecule has 0 radical (unpaired) electrons. The smallest absolute Gasteiger partial charge is 0.414 e. The second-order valence-corrected chi connectivity index (χ2v) is 6.92. The van der Waals surface area contributed by atoms with Gasteiger partial charge in [-0.1, -0.05) is 0 Å². The number of benzene rings is 1. The van der Waals surface area contributed by atoms with Crippen molar-refractivity contribution in [2.45, 2.75) is 39.2 Å². The Morgan fingerprint density at radius 2 is 1.88 bits per heavy atom. The molecule has 1 heterocycles. The molecule has 0 N–H and O–H groups in total. The number of hydrogen-bond acceptors (Lipinski definition) is 5. The maximum absolute atomic E-state index is 12.6. The summed E-state index contributed by atoms with van der Waals surface area (Å²) in [5.41, 5.74) is -0.0125. The zero-order valence-corrected chi connectivity index (χ0v) is 14.4. The lowest BCUT2D eigenvalue weighted by Gasteiger charge is -2.31. The second-order valence-electron chi connectivity index (χ2n) is 6.92. The van der Waals surface area contributed by atoms with Gasteiger partial charge in [0.05, 0.1) is 4.92 Å². The third-order valence-corrected chi connectivity index (χ3v) is 3.77. The van der Waals surface area contributed by atoms with Crippen LogP contribution in [0.2, 0.25) is 0 Å². The molecule has 7 nitrogen and oxygen atoms in total. The summed E-state index contributed by atoms with van der Waals surface area (Å²) in [6.45, 7) is 7.32. The molecule has 0 spiro atoms. The highest BCUT2D eigenvalue weighted by Crippen LogP contribution is 2.25. The van der Waals surface area contributed by atoms with Gasteiger partial charge in [0.1, 0.15) is 5.60 Å². The van der Waals surface area contributed by atoms with Gasteiger partial charge in [0.25, 0.3) is 5.69 Å². The molecule has 0 unspecified atom stereocenters. The highest BCUT2D eigenvalue weighted by Gasteiger charge is 2.27. The van der Waals surface area contributed by atoms with Gasteiger partial charge in [-0.3, -0.25) is 15.0 Å². The van der Waals surface area contributed by atoms with Crippen LogP contribution in [0.15, 0.2) is 24.3 Å². The molecular formula is C17H24N2O5. The molecule has 0 atom stereocenters. The molecule has 0 aliphatic carbocycles. The van der Waals surface area contributed by atoms with E-state index >= 15 is 0 Å². The molecule has 7 heteroatoms. The predicted molar refractivity (Wildman–Crippen MR) is 90.2 cm³/mol. The average molecular weight is 336 g/mol. The van der Waals surface area contributed by atoms with Crippen LogP contribution in [0.3, 0.4) is 0 Å². The van der Waals surface area contributed by atoms with Crippen molar-refractivity contribution in [3.8, 4) is 0 Å². The Bertz CT molecular complexity index is 574. The van der Waals surface area contributed by atoms with Crippen LogP contribution in [0.5, 0.6) is 0 Å². The quantitative estimate of drug-likeness (QED) is 0.617. The number of ether oxygens (including phenoxy) is 2. The normalized spacial score (nSPS) is 15.8. The number of rotatable bonds is 4. The van der Waals surface area contributed by atoms with E-state index in [2.05, 4.69) is 0 Å². The Hall–Kier alpha value is -2.15. The first-order chi connectivity index (χ1) is 11.3. The molecular weight excluding hydrogens is 312 g/mol. The topological polar surface area (TPSA) is 81.9 Å². The summed E-state index contributed by atoms with van der Waals surface area (Å²) in [4.78, 5) is 24.5. The first-order valence-electron chi connectivity index (χ1n) is 8.09. The second kappa shape index (κ2) is 7.61. The molecule has 1 saturated heterocycles. The van der Waals surface area contributed by atoms with Crippen molar-refractivity contribution < 1.29 is 19.2 Å². The van der Waals surface area contributed by atoms with E-state index < -0.39 is 16.6 Å². The van der Waals surface area contributed by atoms with E-state index in [1.54, 1.807) is 17.0 Å². The molecule has 0 bridgehead atoms. The molecule has 132 valence electrons. The van der Waals surface area contributed by atoms with Crippen LogP contribution in [0.4, 0.5) is 16.2 Å². The van der Waals surface area contributed by atoms with Crippen LogP contribution in [0.1, 0.15) is 33.6 Å². The zero-order valence-electron chi connectivity index (χ0n) is 14.4. The third kappa shape index (κ3) is 5.19. The van der Waals surface area contributed by atoms with Crippen LogP contribution >= 0.6 is 0 Å². The molecule has 1 aliphatic rings. The first kappa shape index (κ1) is 18.2. The molecule has 0 saturated carbocycles. The fourth-order valence-electron chi connectivity index (χ4n) is 2.54. The SMILES string of the molecule is CC(C)(C)OC(=O)N(CC1CCOCC1)c1ccc([N+](=O)[O-])cc1. The van der Waals surface area contributed by atoms with Gasteiger partial charge < -0.3 is 9.47 Å². The number of carbonyl (C=O) groups is 1. The van der Waals surface area contributed by atoms with Crippen molar-refractivity contribution in [3.05, 3.63) is 34.4 Å². The van der Waals surface area contributed by atoms with Gasteiger partial charge in [-0.15, -0.1) is 0 Å². The number of carbonyl (C=O) groups excluding carboxylic acids is 1. The van der Waals surface area contributed by atoms with Crippen molar-refractivity contribution in [3.63, 3.8) is 0 Å². The van der Waals surface area contributed by atoms with Gasteiger partial charge in [0.15, 0.2) is 0 Å². The van der Waals surface area contributed by atoms with E-state index in [0.717, 1.165) is 12.8 Å². The molecule has 1 aliphatic heterocycles. The number of anilines is 1. The van der Waals surface area contributed by atoms with Crippen molar-refractivity contribution >= 4 is 17.5 Å². The summed E-state index contributed by atoms with van der Waals surface area (Å²) in [7, 11) is 0. The number of nitrogens with zero attached hydrogens (tertiary/aromatic N) is 2. The number of nitro groups is 1. The van der Waals surface area contributed by atoms with Crippen LogP contribution in [0, 0.1) is 16.0 Å². The predicted octanol–water partition coefficient (Wildman–Crippen LogP) is 3.76. The Balaban J connectivity index is 2.20. The van der Waals surface area contributed by atoms with Gasteiger partial charge in [-0.05, 0) is 51.7 Å².